The molecule has 0 heterocycles. The van der Waals surface area contributed by atoms with Crippen molar-refractivity contribution in [1.29, 1.82) is 0 Å². The van der Waals surface area contributed by atoms with Gasteiger partial charge in [-0.3, -0.25) is 0 Å². The van der Waals surface area contributed by atoms with Crippen LogP contribution < -0.4 is 29.6 Å². The molecular weight excluding hydrogens is 267 g/mol. The van der Waals surface area contributed by atoms with Gasteiger partial charge in [0.1, 0.15) is 10.1 Å². The van der Waals surface area contributed by atoms with Crippen molar-refractivity contribution in [3.63, 3.8) is 0 Å². The summed E-state index contributed by atoms with van der Waals surface area (Å²) < 4.78 is 32.6. The first kappa shape index (κ1) is 15.0. The van der Waals surface area contributed by atoms with Crippen LogP contribution in [-0.2, 0) is 10.1 Å². The average Bonchev–Trinajstić information content (AvgIpc) is 2.26. The molecule has 0 aliphatic rings. The second-order valence-electron chi connectivity index (χ2n) is 3.30. The number of rotatable bonds is 2. The molecule has 3 nitrogen and oxygen atoms in total. The van der Waals surface area contributed by atoms with Crippen LogP contribution in [0.15, 0.2) is 46.2 Å². The van der Waals surface area contributed by atoms with Crippen molar-refractivity contribution in [1.82, 2.24) is 0 Å². The van der Waals surface area contributed by atoms with Gasteiger partial charge in [0, 0.05) is 4.90 Å². The Morgan fingerprint density at radius 3 is 2.47 bits per heavy atom. The maximum absolute atomic E-state index is 10.9. The van der Waals surface area contributed by atoms with E-state index in [-0.39, 0.29) is 34.5 Å². The summed E-state index contributed by atoms with van der Waals surface area (Å²) in [6.07, 6.45) is 1.95. The van der Waals surface area contributed by atoms with Crippen molar-refractivity contribution < 1.29 is 42.5 Å². The maximum Gasteiger partial charge on any atom is 1.00 e. The summed E-state index contributed by atoms with van der Waals surface area (Å²) in [4.78, 5) is 0.880. The standard InChI is InChI=1S/C11H10O3S2.Na/c1-15-11-4-2-3-8-7-9(16(12,13)14)5-6-10(8)11;/h2-7H,1H3,(H,12,13,14);/q;+1/p-1. The molecule has 6 heteroatoms. The summed E-state index contributed by atoms with van der Waals surface area (Å²) in [6, 6.07) is 10.0. The molecule has 0 aromatic heterocycles. The van der Waals surface area contributed by atoms with Crippen LogP contribution in [0.4, 0.5) is 0 Å². The second kappa shape index (κ2) is 5.73. The molecule has 0 saturated heterocycles. The summed E-state index contributed by atoms with van der Waals surface area (Å²) in [5.41, 5.74) is 0. The smallest absolute Gasteiger partial charge is 0.744 e. The van der Waals surface area contributed by atoms with Crippen molar-refractivity contribution in [3.8, 4) is 0 Å². The Morgan fingerprint density at radius 1 is 1.18 bits per heavy atom. The van der Waals surface area contributed by atoms with E-state index in [9.17, 15) is 13.0 Å². The molecule has 17 heavy (non-hydrogen) atoms. The van der Waals surface area contributed by atoms with Gasteiger partial charge in [-0.05, 0) is 35.2 Å². The molecule has 0 radical (unpaired) electrons. The van der Waals surface area contributed by atoms with Gasteiger partial charge in [-0.15, -0.1) is 11.8 Å². The molecule has 0 aliphatic heterocycles. The van der Waals surface area contributed by atoms with Crippen LogP contribution in [0.5, 0.6) is 0 Å². The molecule has 0 saturated carbocycles. The minimum Gasteiger partial charge on any atom is -0.744 e. The van der Waals surface area contributed by atoms with Crippen LogP contribution in [-0.4, -0.2) is 19.2 Å². The molecule has 0 fully saturated rings. The van der Waals surface area contributed by atoms with Gasteiger partial charge >= 0.3 is 29.6 Å². The van der Waals surface area contributed by atoms with Crippen LogP contribution >= 0.6 is 11.8 Å². The predicted octanol–water partition coefficient (Wildman–Crippen LogP) is -0.530. The zero-order valence-corrected chi connectivity index (χ0v) is 13.1. The first-order valence-corrected chi connectivity index (χ1v) is 7.18. The average molecular weight is 276 g/mol. The zero-order valence-electron chi connectivity index (χ0n) is 9.51. The summed E-state index contributed by atoms with van der Waals surface area (Å²) in [6.45, 7) is 0. The fraction of sp³-hybridized carbons (Fsp3) is 0.0909. The zero-order chi connectivity index (χ0) is 11.8. The Labute approximate surface area is 127 Å². The first-order chi connectivity index (χ1) is 7.52. The summed E-state index contributed by atoms with van der Waals surface area (Å²) in [7, 11) is -4.37. The van der Waals surface area contributed by atoms with E-state index in [2.05, 4.69) is 0 Å². The van der Waals surface area contributed by atoms with Crippen molar-refractivity contribution in [2.45, 2.75) is 9.79 Å². The van der Waals surface area contributed by atoms with Crippen molar-refractivity contribution in [2.75, 3.05) is 6.26 Å². The number of hydrogen-bond acceptors (Lipinski definition) is 4. The van der Waals surface area contributed by atoms with E-state index in [1.54, 1.807) is 23.9 Å². The number of benzene rings is 2. The minimum absolute atomic E-state index is 0. The van der Waals surface area contributed by atoms with Crippen molar-refractivity contribution in [3.05, 3.63) is 36.4 Å². The third-order valence-electron chi connectivity index (χ3n) is 2.32. The van der Waals surface area contributed by atoms with E-state index in [4.69, 9.17) is 0 Å². The van der Waals surface area contributed by atoms with E-state index >= 15 is 0 Å². The van der Waals surface area contributed by atoms with Gasteiger partial charge in [-0.2, -0.15) is 0 Å². The SMILES string of the molecule is CSc1cccc2cc(S(=O)(=O)[O-])ccc12.[Na+]. The molecule has 0 unspecified atom stereocenters. The molecule has 0 bridgehead atoms. The van der Waals surface area contributed by atoms with E-state index in [1.165, 1.54) is 12.1 Å². The molecule has 0 atom stereocenters. The van der Waals surface area contributed by atoms with E-state index < -0.39 is 10.1 Å². The van der Waals surface area contributed by atoms with Crippen LogP contribution in [0.3, 0.4) is 0 Å². The van der Waals surface area contributed by atoms with Crippen LogP contribution in [0.2, 0.25) is 0 Å². The van der Waals surface area contributed by atoms with Crippen LogP contribution in [0, 0.1) is 0 Å². The van der Waals surface area contributed by atoms with Gasteiger partial charge in [0.25, 0.3) is 0 Å². The van der Waals surface area contributed by atoms with Gasteiger partial charge in [0.2, 0.25) is 0 Å². The fourth-order valence-corrected chi connectivity index (χ4v) is 2.69. The Hall–Kier alpha value is -0.0400. The van der Waals surface area contributed by atoms with Gasteiger partial charge in [0.15, 0.2) is 0 Å². The molecule has 2 rings (SSSR count). The molecule has 2 aromatic carbocycles. The molecule has 0 N–H and O–H groups in total. The minimum atomic E-state index is -4.37. The fourth-order valence-electron chi connectivity index (χ4n) is 1.57. The topological polar surface area (TPSA) is 57.2 Å². The van der Waals surface area contributed by atoms with Gasteiger partial charge in [-0.1, -0.05) is 18.2 Å². The van der Waals surface area contributed by atoms with E-state index in [1.807, 2.05) is 18.4 Å². The molecule has 2 aromatic rings. The van der Waals surface area contributed by atoms with Crippen molar-refractivity contribution >= 4 is 32.7 Å². The van der Waals surface area contributed by atoms with Gasteiger partial charge in [-0.25, -0.2) is 8.42 Å². The Bertz CT molecular complexity index is 638. The van der Waals surface area contributed by atoms with E-state index in [0.717, 1.165) is 15.7 Å². The quantitative estimate of drug-likeness (QED) is 0.420. The Morgan fingerprint density at radius 2 is 1.88 bits per heavy atom. The number of thioether (sulfide) groups is 1. The number of hydrogen-bond donors (Lipinski definition) is 0. The van der Waals surface area contributed by atoms with Crippen LogP contribution in [0.25, 0.3) is 10.8 Å². The summed E-state index contributed by atoms with van der Waals surface area (Å²) >= 11 is 1.58. The first-order valence-electron chi connectivity index (χ1n) is 4.55. The largest absolute Gasteiger partial charge is 1.00 e. The van der Waals surface area contributed by atoms with E-state index in [0.29, 0.717) is 0 Å². The summed E-state index contributed by atoms with van der Waals surface area (Å²) in [5.74, 6) is 0. The predicted molar refractivity (Wildman–Crippen MR) is 63.7 cm³/mol. The number of fused-ring (bicyclic) bond motifs is 1. The molecule has 84 valence electrons. The monoisotopic (exact) mass is 276 g/mol. The molecule has 0 amide bonds. The third kappa shape index (κ3) is 3.24. The Balaban J connectivity index is 0.00000144. The Kier molecular flexibility index (Phi) is 5.07. The normalized spacial score (nSPS) is 11.2. The van der Waals surface area contributed by atoms with Crippen molar-refractivity contribution in [2.24, 2.45) is 0 Å². The third-order valence-corrected chi connectivity index (χ3v) is 3.95. The molecular formula is C11H9NaO3S2. The molecule has 0 aliphatic carbocycles. The maximum atomic E-state index is 10.9. The van der Waals surface area contributed by atoms with Crippen LogP contribution in [0.1, 0.15) is 0 Å². The second-order valence-corrected chi connectivity index (χ2v) is 5.53. The van der Waals surface area contributed by atoms with Gasteiger partial charge in [0.05, 0.1) is 4.90 Å². The summed E-state index contributed by atoms with van der Waals surface area (Å²) in [5, 5.41) is 1.73. The molecule has 0 spiro atoms. The van der Waals surface area contributed by atoms with Gasteiger partial charge < -0.3 is 4.55 Å².